The topological polar surface area (TPSA) is 201 Å². The average Bonchev–Trinajstić information content (AvgIpc) is 3.44. The van der Waals surface area contributed by atoms with Crippen molar-refractivity contribution in [3.8, 4) is 5.75 Å². The van der Waals surface area contributed by atoms with Gasteiger partial charge in [-0.2, -0.15) is 0 Å². The predicted molar refractivity (Wildman–Crippen MR) is 159 cm³/mol. The Bertz CT molecular complexity index is 1680. The van der Waals surface area contributed by atoms with E-state index in [0.29, 0.717) is 27.7 Å². The number of aromatic nitrogens is 5. The lowest BCUT2D eigenvalue weighted by molar-refractivity contribution is -0.151. The number of hydrogen-bond acceptors (Lipinski definition) is 11. The van der Waals surface area contributed by atoms with E-state index in [1.54, 1.807) is 37.4 Å². The minimum Gasteiger partial charge on any atom is -0.478 e. The first-order valence-electron chi connectivity index (χ1n) is 13.0. The first kappa shape index (κ1) is 31.1. The summed E-state index contributed by atoms with van der Waals surface area (Å²) in [6.07, 6.45) is 1.29. The molecule has 5 rings (SSSR count). The second-order valence-electron chi connectivity index (χ2n) is 9.55. The number of aryl methyl sites for hydroxylation is 1. The summed E-state index contributed by atoms with van der Waals surface area (Å²) < 4.78 is 6.80. The number of H-pyrrole nitrogens is 1. The molecule has 0 saturated carbocycles. The van der Waals surface area contributed by atoms with Crippen LogP contribution in [0.1, 0.15) is 17.3 Å². The Morgan fingerprint density at radius 2 is 2.05 bits per heavy atom. The number of hydrogen-bond donors (Lipinski definition) is 4. The fraction of sp³-hybridized carbons (Fsp3) is 0.308. The molecule has 1 fully saturated rings. The summed E-state index contributed by atoms with van der Waals surface area (Å²) in [5.74, 6) is -2.66. The number of aliphatic carboxylic acids is 1. The van der Waals surface area contributed by atoms with Gasteiger partial charge in [-0.05, 0) is 21.6 Å². The third kappa shape index (κ3) is 6.58. The third-order valence-corrected chi connectivity index (χ3v) is 9.37. The zero-order valence-electron chi connectivity index (χ0n) is 22.9. The molecular weight excluding hydrogens is 636 g/mol. The van der Waals surface area contributed by atoms with Gasteiger partial charge in [0.25, 0.3) is 11.8 Å². The van der Waals surface area contributed by atoms with Crippen LogP contribution in [0.5, 0.6) is 5.75 Å². The van der Waals surface area contributed by atoms with Gasteiger partial charge in [0.1, 0.15) is 23.2 Å². The largest absolute Gasteiger partial charge is 0.478 e. The molecule has 0 radical (unpaired) electrons. The van der Waals surface area contributed by atoms with E-state index in [1.165, 1.54) is 45.4 Å². The van der Waals surface area contributed by atoms with Gasteiger partial charge in [-0.1, -0.05) is 42.1 Å². The molecule has 4 N–H and O–H groups in total. The van der Waals surface area contributed by atoms with Gasteiger partial charge in [0.2, 0.25) is 16.5 Å². The molecular formula is C26H25ClN8O7S2. The summed E-state index contributed by atoms with van der Waals surface area (Å²) in [7, 11) is 1.66. The zero-order valence-corrected chi connectivity index (χ0v) is 25.3. The van der Waals surface area contributed by atoms with Gasteiger partial charge in [0.15, 0.2) is 12.4 Å². The Kier molecular flexibility index (Phi) is 9.55. The van der Waals surface area contributed by atoms with Crippen molar-refractivity contribution in [2.24, 2.45) is 7.05 Å². The number of benzene rings is 1. The van der Waals surface area contributed by atoms with E-state index in [1.807, 2.05) is 0 Å². The predicted octanol–water partition coefficient (Wildman–Crippen LogP) is 0.404. The number of ether oxygens (including phenoxy) is 1. The van der Waals surface area contributed by atoms with Crippen LogP contribution in [0.25, 0.3) is 0 Å². The van der Waals surface area contributed by atoms with Crippen molar-refractivity contribution < 1.29 is 29.0 Å². The summed E-state index contributed by atoms with van der Waals surface area (Å²) in [5.41, 5.74) is 0.840. The van der Waals surface area contributed by atoms with Gasteiger partial charge >= 0.3 is 5.97 Å². The fourth-order valence-corrected chi connectivity index (χ4v) is 7.00. The number of β-lactam (4-membered cyclic amide) rings is 1. The van der Waals surface area contributed by atoms with Crippen LogP contribution in [0.2, 0.25) is 0 Å². The van der Waals surface area contributed by atoms with Crippen molar-refractivity contribution in [3.05, 3.63) is 75.3 Å². The highest BCUT2D eigenvalue weighted by Gasteiger charge is 2.54. The fourth-order valence-electron chi connectivity index (χ4n) is 4.51. The highest BCUT2D eigenvalue weighted by atomic mass is 35.5. The molecule has 230 valence electrons. The molecule has 3 aromatic rings. The first-order valence-corrected chi connectivity index (χ1v) is 15.5. The van der Waals surface area contributed by atoms with Gasteiger partial charge < -0.3 is 25.5 Å². The number of alkyl halides is 1. The van der Waals surface area contributed by atoms with Gasteiger partial charge in [-0.15, -0.1) is 28.5 Å². The Balaban J connectivity index is 1.26. The Morgan fingerprint density at radius 3 is 2.70 bits per heavy atom. The molecule has 2 aliphatic heterocycles. The number of amides is 3. The van der Waals surface area contributed by atoms with Crippen LogP contribution >= 0.6 is 35.1 Å². The minimum atomic E-state index is -1.26. The normalized spacial score (nSPS) is 18.2. The summed E-state index contributed by atoms with van der Waals surface area (Å²) >= 11 is 8.27. The quantitative estimate of drug-likeness (QED) is 0.119. The molecule has 0 spiro atoms. The summed E-state index contributed by atoms with van der Waals surface area (Å²) in [4.78, 5) is 67.8. The van der Waals surface area contributed by atoms with Crippen molar-refractivity contribution in [2.75, 3.05) is 18.1 Å². The van der Waals surface area contributed by atoms with Gasteiger partial charge in [-0.25, -0.2) is 9.48 Å². The number of thioether (sulfide) groups is 2. The van der Waals surface area contributed by atoms with Crippen molar-refractivity contribution in [1.29, 1.82) is 0 Å². The number of fused-ring (bicyclic) bond motifs is 1. The second kappa shape index (κ2) is 13.5. The maximum atomic E-state index is 13.5. The summed E-state index contributed by atoms with van der Waals surface area (Å²) in [6.45, 7) is -0.563. The number of carboxylic acids is 1. The van der Waals surface area contributed by atoms with E-state index in [9.17, 15) is 29.1 Å². The minimum absolute atomic E-state index is 0.0976. The molecule has 0 bridgehead atoms. The van der Waals surface area contributed by atoms with Crippen LogP contribution in [0.4, 0.5) is 0 Å². The number of pyridine rings is 1. The molecule has 1 saturated heterocycles. The maximum Gasteiger partial charge on any atom is 0.352 e. The van der Waals surface area contributed by atoms with Crippen LogP contribution in [-0.4, -0.2) is 88.4 Å². The van der Waals surface area contributed by atoms with E-state index in [4.69, 9.17) is 16.3 Å². The first-order chi connectivity index (χ1) is 21.2. The van der Waals surface area contributed by atoms with Crippen molar-refractivity contribution in [1.82, 2.24) is 40.7 Å². The van der Waals surface area contributed by atoms with Crippen LogP contribution in [0, 0.1) is 0 Å². The number of aromatic amines is 1. The molecule has 15 nitrogen and oxygen atoms in total. The van der Waals surface area contributed by atoms with E-state index in [-0.39, 0.29) is 23.1 Å². The second-order valence-corrected chi connectivity index (χ2v) is 11.9. The van der Waals surface area contributed by atoms with Crippen molar-refractivity contribution in [3.63, 3.8) is 0 Å². The van der Waals surface area contributed by atoms with Gasteiger partial charge in [-0.3, -0.25) is 24.1 Å². The molecule has 44 heavy (non-hydrogen) atoms. The van der Waals surface area contributed by atoms with E-state index in [2.05, 4.69) is 31.1 Å². The number of tetrazole rings is 1. The number of nitrogens with zero attached hydrogens (tertiary/aromatic N) is 5. The molecule has 0 aliphatic carbocycles. The SMILES string of the molecule is Cn1nnnc1SCC1=C(C(=O)O)N2C(=O)C(NC(=O)C(NC(=O)COc3c[nH]c(CCl)cc3=O)c3ccccc3)[C@H]2SC1. The number of rotatable bonds is 12. The Hall–Kier alpha value is -4.35. The molecule has 2 unspecified atom stereocenters. The summed E-state index contributed by atoms with van der Waals surface area (Å²) in [5, 5.41) is 26.2. The molecule has 1 aromatic carbocycles. The van der Waals surface area contributed by atoms with Crippen LogP contribution in [0.15, 0.2) is 63.8 Å². The van der Waals surface area contributed by atoms with E-state index in [0.717, 1.165) is 0 Å². The molecule has 2 aromatic heterocycles. The van der Waals surface area contributed by atoms with Crippen LogP contribution in [-0.2, 0) is 32.1 Å². The highest BCUT2D eigenvalue weighted by molar-refractivity contribution is 8.01. The third-order valence-electron chi connectivity index (χ3n) is 6.64. The van der Waals surface area contributed by atoms with Crippen molar-refractivity contribution >= 4 is 58.8 Å². The standard InChI is InChI=1S/C26H25ClN8O7S2/c1-34-26(31-32-33-34)44-12-14-11-43-24-20(23(39)35(24)21(14)25(40)41)30-22(38)19(13-5-3-2-4-6-13)29-18(37)10-42-17-9-28-15(8-27)7-16(17)36/h2-7,9,19-20,24H,8,10-12H2,1H3,(H,28,36)(H,29,37)(H,30,38)(H,40,41)/t19?,20?,24-/m1/s1. The van der Waals surface area contributed by atoms with Crippen molar-refractivity contribution in [2.45, 2.75) is 28.5 Å². The van der Waals surface area contributed by atoms with Gasteiger partial charge in [0, 0.05) is 36.5 Å². The number of halogens is 1. The molecule has 18 heteroatoms. The lowest BCUT2D eigenvalue weighted by Gasteiger charge is -2.49. The zero-order chi connectivity index (χ0) is 31.4. The number of carbonyl (C=O) groups excluding carboxylic acids is 3. The Morgan fingerprint density at radius 1 is 1.27 bits per heavy atom. The molecule has 3 atom stereocenters. The van der Waals surface area contributed by atoms with E-state index >= 15 is 0 Å². The number of carboxylic acid groups (broad SMARTS) is 1. The monoisotopic (exact) mass is 660 g/mol. The maximum absolute atomic E-state index is 13.5. The lowest BCUT2D eigenvalue weighted by atomic mass is 10.0. The molecule has 2 aliphatic rings. The lowest BCUT2D eigenvalue weighted by Crippen LogP contribution is -2.71. The van der Waals surface area contributed by atoms with Crippen LogP contribution < -0.4 is 20.8 Å². The highest BCUT2D eigenvalue weighted by Crippen LogP contribution is 2.41. The smallest absolute Gasteiger partial charge is 0.352 e. The average molecular weight is 661 g/mol. The van der Waals surface area contributed by atoms with E-state index < -0.39 is 53.2 Å². The van der Waals surface area contributed by atoms with Gasteiger partial charge in [0.05, 0.1) is 5.88 Å². The number of carbonyl (C=O) groups is 4. The molecule has 4 heterocycles. The number of nitrogens with one attached hydrogen (secondary N) is 3. The molecule has 3 amide bonds. The summed E-state index contributed by atoms with van der Waals surface area (Å²) in [6, 6.07) is 7.40. The Labute approximate surface area is 262 Å². The van der Waals surface area contributed by atoms with Crippen LogP contribution in [0.3, 0.4) is 0 Å².